The lowest BCUT2D eigenvalue weighted by molar-refractivity contribution is 0.0994. The van der Waals surface area contributed by atoms with Crippen molar-refractivity contribution in [3.05, 3.63) is 47.0 Å². The molecule has 0 aliphatic rings. The summed E-state index contributed by atoms with van der Waals surface area (Å²) >= 11 is 5.88. The number of carbonyl (C=O) groups excluding carboxylic acids is 1. The van der Waals surface area contributed by atoms with Gasteiger partial charge in [-0.1, -0.05) is 18.5 Å². The SMILES string of the molecule is CCc1ccc(C(=O)Nc2ncccc2Cl)o1. The second-order valence-electron chi connectivity index (χ2n) is 3.41. The maximum Gasteiger partial charge on any atom is 0.292 e. The first-order valence-corrected chi connectivity index (χ1v) is 5.59. The van der Waals surface area contributed by atoms with Crippen LogP contribution in [0.2, 0.25) is 5.02 Å². The number of rotatable bonds is 3. The molecule has 2 rings (SSSR count). The van der Waals surface area contributed by atoms with Crippen molar-refractivity contribution in [3.8, 4) is 0 Å². The third kappa shape index (κ3) is 2.65. The van der Waals surface area contributed by atoms with Crippen molar-refractivity contribution in [2.24, 2.45) is 0 Å². The van der Waals surface area contributed by atoms with Crippen LogP contribution in [0.4, 0.5) is 5.82 Å². The fraction of sp³-hybridized carbons (Fsp3) is 0.167. The average molecular weight is 251 g/mol. The standard InChI is InChI=1S/C12H11ClN2O2/c1-2-8-5-6-10(17-8)12(16)15-11-9(13)4-3-7-14-11/h3-7H,2H2,1H3,(H,14,15,16). The summed E-state index contributed by atoms with van der Waals surface area (Å²) in [5, 5.41) is 2.98. The minimum absolute atomic E-state index is 0.253. The van der Waals surface area contributed by atoms with Gasteiger partial charge in [0.25, 0.3) is 5.91 Å². The predicted molar refractivity (Wildman–Crippen MR) is 65.3 cm³/mol. The Bertz CT molecular complexity index is 537. The second-order valence-corrected chi connectivity index (χ2v) is 3.81. The van der Waals surface area contributed by atoms with Gasteiger partial charge in [0.2, 0.25) is 0 Å². The summed E-state index contributed by atoms with van der Waals surface area (Å²) in [4.78, 5) is 15.8. The van der Waals surface area contributed by atoms with Gasteiger partial charge in [-0.15, -0.1) is 0 Å². The molecular formula is C12H11ClN2O2. The molecule has 0 bridgehead atoms. The number of hydrogen-bond acceptors (Lipinski definition) is 3. The van der Waals surface area contributed by atoms with Crippen molar-refractivity contribution in [1.82, 2.24) is 4.98 Å². The molecule has 0 fully saturated rings. The number of furan rings is 1. The molecular weight excluding hydrogens is 240 g/mol. The first-order chi connectivity index (χ1) is 8.20. The van der Waals surface area contributed by atoms with Gasteiger partial charge in [0.05, 0.1) is 5.02 Å². The van der Waals surface area contributed by atoms with Gasteiger partial charge in [-0.05, 0) is 24.3 Å². The van der Waals surface area contributed by atoms with E-state index in [0.717, 1.165) is 12.2 Å². The molecule has 2 aromatic heterocycles. The Morgan fingerprint density at radius 1 is 1.47 bits per heavy atom. The number of aromatic nitrogens is 1. The van der Waals surface area contributed by atoms with Crippen molar-refractivity contribution >= 4 is 23.3 Å². The number of hydrogen-bond donors (Lipinski definition) is 1. The van der Waals surface area contributed by atoms with E-state index in [-0.39, 0.29) is 11.7 Å². The van der Waals surface area contributed by atoms with Crippen LogP contribution in [0.3, 0.4) is 0 Å². The van der Waals surface area contributed by atoms with Crippen molar-refractivity contribution in [2.75, 3.05) is 5.32 Å². The molecule has 0 spiro atoms. The highest BCUT2D eigenvalue weighted by molar-refractivity contribution is 6.33. The molecule has 0 saturated heterocycles. The lowest BCUT2D eigenvalue weighted by Crippen LogP contribution is -2.12. The fourth-order valence-electron chi connectivity index (χ4n) is 1.34. The summed E-state index contributed by atoms with van der Waals surface area (Å²) < 4.78 is 5.32. The van der Waals surface area contributed by atoms with Crippen LogP contribution in [-0.4, -0.2) is 10.9 Å². The summed E-state index contributed by atoms with van der Waals surface area (Å²) in [6.07, 6.45) is 2.30. The van der Waals surface area contributed by atoms with Gasteiger partial charge in [0.1, 0.15) is 5.76 Å². The largest absolute Gasteiger partial charge is 0.456 e. The summed E-state index contributed by atoms with van der Waals surface area (Å²) in [5.74, 6) is 0.991. The highest BCUT2D eigenvalue weighted by Crippen LogP contribution is 2.18. The van der Waals surface area contributed by atoms with E-state index >= 15 is 0 Å². The van der Waals surface area contributed by atoms with Crippen LogP contribution in [0.15, 0.2) is 34.9 Å². The Kier molecular flexibility index (Phi) is 3.44. The van der Waals surface area contributed by atoms with Crippen molar-refractivity contribution in [1.29, 1.82) is 0 Å². The summed E-state index contributed by atoms with van der Waals surface area (Å²) in [6.45, 7) is 1.95. The molecule has 5 heteroatoms. The zero-order valence-electron chi connectivity index (χ0n) is 9.24. The molecule has 0 saturated carbocycles. The molecule has 0 aliphatic heterocycles. The number of aryl methyl sites for hydroxylation is 1. The van der Waals surface area contributed by atoms with Gasteiger partial charge >= 0.3 is 0 Å². The molecule has 0 aromatic carbocycles. The summed E-state index contributed by atoms with van der Waals surface area (Å²) in [7, 11) is 0. The minimum atomic E-state index is -0.356. The van der Waals surface area contributed by atoms with Crippen LogP contribution in [0.1, 0.15) is 23.2 Å². The molecule has 4 nitrogen and oxygen atoms in total. The molecule has 0 unspecified atom stereocenters. The molecule has 0 aliphatic carbocycles. The van der Waals surface area contributed by atoms with E-state index in [0.29, 0.717) is 10.8 Å². The smallest absolute Gasteiger partial charge is 0.292 e. The number of nitrogens with one attached hydrogen (secondary N) is 1. The van der Waals surface area contributed by atoms with Gasteiger partial charge in [-0.2, -0.15) is 0 Å². The predicted octanol–water partition coefficient (Wildman–Crippen LogP) is 3.14. The van der Waals surface area contributed by atoms with E-state index in [1.54, 1.807) is 30.5 Å². The van der Waals surface area contributed by atoms with Crippen LogP contribution in [0.25, 0.3) is 0 Å². The molecule has 1 N–H and O–H groups in total. The highest BCUT2D eigenvalue weighted by atomic mass is 35.5. The monoisotopic (exact) mass is 250 g/mol. The third-order valence-electron chi connectivity index (χ3n) is 2.22. The first-order valence-electron chi connectivity index (χ1n) is 5.21. The number of halogens is 1. The lowest BCUT2D eigenvalue weighted by atomic mass is 10.3. The van der Waals surface area contributed by atoms with Crippen LogP contribution < -0.4 is 5.32 Å². The normalized spacial score (nSPS) is 10.2. The third-order valence-corrected chi connectivity index (χ3v) is 2.53. The Balaban J connectivity index is 2.14. The van der Waals surface area contributed by atoms with E-state index < -0.39 is 0 Å². The zero-order chi connectivity index (χ0) is 12.3. The van der Waals surface area contributed by atoms with Crippen molar-refractivity contribution < 1.29 is 9.21 Å². The highest BCUT2D eigenvalue weighted by Gasteiger charge is 2.12. The van der Waals surface area contributed by atoms with E-state index in [4.69, 9.17) is 16.0 Å². The van der Waals surface area contributed by atoms with E-state index in [2.05, 4.69) is 10.3 Å². The molecule has 0 radical (unpaired) electrons. The molecule has 88 valence electrons. The fourth-order valence-corrected chi connectivity index (χ4v) is 1.51. The maximum atomic E-state index is 11.8. The summed E-state index contributed by atoms with van der Waals surface area (Å²) in [6, 6.07) is 6.75. The number of nitrogens with zero attached hydrogens (tertiary/aromatic N) is 1. The van der Waals surface area contributed by atoms with E-state index in [1.165, 1.54) is 0 Å². The lowest BCUT2D eigenvalue weighted by Gasteiger charge is -2.03. The number of anilines is 1. The van der Waals surface area contributed by atoms with Crippen LogP contribution in [-0.2, 0) is 6.42 Å². The quantitative estimate of drug-likeness (QED) is 0.910. The van der Waals surface area contributed by atoms with Crippen LogP contribution in [0.5, 0.6) is 0 Å². The molecule has 1 amide bonds. The molecule has 17 heavy (non-hydrogen) atoms. The topological polar surface area (TPSA) is 55.1 Å². The Morgan fingerprint density at radius 2 is 2.29 bits per heavy atom. The van der Waals surface area contributed by atoms with Crippen LogP contribution >= 0.6 is 11.6 Å². The molecule has 2 aromatic rings. The van der Waals surface area contributed by atoms with Gasteiger partial charge in [0.15, 0.2) is 11.6 Å². The number of amides is 1. The number of carbonyl (C=O) groups is 1. The average Bonchev–Trinajstić information content (AvgIpc) is 2.81. The second kappa shape index (κ2) is 5.01. The van der Waals surface area contributed by atoms with Gasteiger partial charge in [0, 0.05) is 12.6 Å². The Morgan fingerprint density at radius 3 is 2.94 bits per heavy atom. The summed E-state index contributed by atoms with van der Waals surface area (Å²) in [5.41, 5.74) is 0. The van der Waals surface area contributed by atoms with E-state index in [9.17, 15) is 4.79 Å². The molecule has 2 heterocycles. The van der Waals surface area contributed by atoms with Gasteiger partial charge in [-0.3, -0.25) is 4.79 Å². The number of pyridine rings is 1. The van der Waals surface area contributed by atoms with E-state index in [1.807, 2.05) is 6.92 Å². The Hall–Kier alpha value is -1.81. The van der Waals surface area contributed by atoms with Gasteiger partial charge in [-0.25, -0.2) is 4.98 Å². The maximum absolute atomic E-state index is 11.8. The molecule has 0 atom stereocenters. The van der Waals surface area contributed by atoms with Crippen molar-refractivity contribution in [3.63, 3.8) is 0 Å². The van der Waals surface area contributed by atoms with Gasteiger partial charge < -0.3 is 9.73 Å². The Labute approximate surface area is 104 Å². The van der Waals surface area contributed by atoms with Crippen molar-refractivity contribution in [2.45, 2.75) is 13.3 Å². The zero-order valence-corrected chi connectivity index (χ0v) is 9.99. The van der Waals surface area contributed by atoms with Crippen LogP contribution in [0, 0.1) is 0 Å². The minimum Gasteiger partial charge on any atom is -0.456 e. The first kappa shape index (κ1) is 11.7.